The molecule has 0 amide bonds. The predicted molar refractivity (Wildman–Crippen MR) is 158 cm³/mol. The van der Waals surface area contributed by atoms with Crippen molar-refractivity contribution in [2.75, 3.05) is 0 Å². The zero-order valence-electron chi connectivity index (χ0n) is 21.0. The quantitative estimate of drug-likeness (QED) is 0.117. The van der Waals surface area contributed by atoms with Crippen molar-refractivity contribution in [2.45, 2.75) is 6.42 Å². The fourth-order valence-corrected chi connectivity index (χ4v) is 8.20. The third kappa shape index (κ3) is 5.57. The molecule has 0 aliphatic heterocycles. The van der Waals surface area contributed by atoms with E-state index in [4.69, 9.17) is 4.53 Å². The lowest BCUT2D eigenvalue weighted by Crippen LogP contribution is -2.70. The number of hydrogen-bond acceptors (Lipinski definition) is 3. The number of allylic oxidation sites excluding steroid dienone is 1. The fraction of sp³-hybridized carbons (Fsp3) is 0.0294. The average Bonchev–Trinajstić information content (AvgIpc) is 3.01. The van der Waals surface area contributed by atoms with Crippen LogP contribution in [0.15, 0.2) is 158 Å². The van der Waals surface area contributed by atoms with Gasteiger partial charge >= 0.3 is 8.32 Å². The summed E-state index contributed by atoms with van der Waals surface area (Å²) in [7, 11) is -2.98. The van der Waals surface area contributed by atoms with Gasteiger partial charge in [-0.25, -0.2) is 0 Å². The van der Waals surface area contributed by atoms with Crippen LogP contribution in [0.25, 0.3) is 5.70 Å². The molecule has 4 heteroatoms. The van der Waals surface area contributed by atoms with Crippen molar-refractivity contribution in [2.24, 2.45) is 0 Å². The van der Waals surface area contributed by atoms with Gasteiger partial charge in [0.1, 0.15) is 0 Å². The molecule has 0 fully saturated rings. The van der Waals surface area contributed by atoms with Gasteiger partial charge in [0.15, 0.2) is 5.78 Å². The largest absolute Gasteiger partial charge is 0.321 e. The van der Waals surface area contributed by atoms with Gasteiger partial charge in [-0.05, 0) is 21.1 Å². The fourth-order valence-electron chi connectivity index (χ4n) is 4.60. The minimum atomic E-state index is -2.98. The summed E-state index contributed by atoms with van der Waals surface area (Å²) in [6, 6.07) is 50.6. The molecule has 1 N–H and O–H groups in total. The number of carbonyl (C=O) groups is 1. The van der Waals surface area contributed by atoms with Crippen molar-refractivity contribution < 1.29 is 9.32 Å². The van der Waals surface area contributed by atoms with E-state index in [0.717, 1.165) is 26.8 Å². The second-order valence-electron chi connectivity index (χ2n) is 8.96. The van der Waals surface area contributed by atoms with E-state index in [1.54, 1.807) is 0 Å². The number of nitrogens with one attached hydrogen (secondary N) is 1. The molecule has 5 aromatic carbocycles. The summed E-state index contributed by atoms with van der Waals surface area (Å²) in [4.78, 5) is 12.9. The number of rotatable bonds is 10. The molecule has 0 spiro atoms. The smallest absolute Gasteiger partial charge is 0.305 e. The molecule has 0 radical (unpaired) electrons. The van der Waals surface area contributed by atoms with E-state index >= 15 is 0 Å². The summed E-state index contributed by atoms with van der Waals surface area (Å²) in [5, 5.41) is 3.37. The van der Waals surface area contributed by atoms with Crippen molar-refractivity contribution in [3.05, 3.63) is 169 Å². The van der Waals surface area contributed by atoms with Crippen molar-refractivity contribution >= 4 is 35.4 Å². The van der Waals surface area contributed by atoms with Gasteiger partial charge in [0.2, 0.25) is 0 Å². The second-order valence-corrected chi connectivity index (χ2v) is 12.3. The van der Waals surface area contributed by atoms with Gasteiger partial charge in [-0.2, -0.15) is 0 Å². The standard InChI is InChI=1S/C34H29NO2Si/c36-34(29-18-8-2-9-19-29)27-26-33(28-16-6-1-7-17-28)35-37-38(30-20-10-3-11-21-30,31-22-12-4-13-23-31)32-24-14-5-15-25-32/h1-26,35H,27H2. The van der Waals surface area contributed by atoms with Gasteiger partial charge in [0.25, 0.3) is 0 Å². The summed E-state index contributed by atoms with van der Waals surface area (Å²) in [6.07, 6.45) is 2.17. The molecule has 0 aromatic heterocycles. The van der Waals surface area contributed by atoms with E-state index < -0.39 is 8.32 Å². The Labute approximate surface area is 225 Å². The van der Waals surface area contributed by atoms with Crippen LogP contribution in [0.2, 0.25) is 0 Å². The number of hydroxylamine groups is 1. The molecule has 5 aromatic rings. The van der Waals surface area contributed by atoms with Crippen LogP contribution in [0.5, 0.6) is 0 Å². The molecule has 0 aliphatic rings. The van der Waals surface area contributed by atoms with E-state index in [2.05, 4.69) is 78.3 Å². The third-order valence-electron chi connectivity index (χ3n) is 6.53. The van der Waals surface area contributed by atoms with Gasteiger partial charge < -0.3 is 4.53 Å². The van der Waals surface area contributed by atoms with E-state index in [-0.39, 0.29) is 12.2 Å². The topological polar surface area (TPSA) is 38.3 Å². The third-order valence-corrected chi connectivity index (χ3v) is 10.4. The maximum atomic E-state index is 12.9. The first-order valence-corrected chi connectivity index (χ1v) is 14.6. The van der Waals surface area contributed by atoms with Gasteiger partial charge in [-0.15, -0.1) is 0 Å². The highest BCUT2D eigenvalue weighted by molar-refractivity contribution is 7.07. The van der Waals surface area contributed by atoms with Gasteiger partial charge in [-0.1, -0.05) is 158 Å². The Morgan fingerprint density at radius 2 is 0.921 bits per heavy atom. The molecule has 0 saturated heterocycles. The Kier molecular flexibility index (Phi) is 8.04. The van der Waals surface area contributed by atoms with Crippen molar-refractivity contribution in [1.29, 1.82) is 0 Å². The number of benzene rings is 5. The summed E-state index contributed by atoms with van der Waals surface area (Å²) >= 11 is 0. The van der Waals surface area contributed by atoms with Crippen LogP contribution >= 0.6 is 0 Å². The first-order valence-electron chi connectivity index (χ1n) is 12.7. The summed E-state index contributed by atoms with van der Waals surface area (Å²) in [5.74, 6) is 0.0542. The molecule has 0 heterocycles. The van der Waals surface area contributed by atoms with Crippen LogP contribution in [-0.2, 0) is 4.53 Å². The van der Waals surface area contributed by atoms with Crippen LogP contribution in [0.1, 0.15) is 22.3 Å². The van der Waals surface area contributed by atoms with Crippen LogP contribution in [0.4, 0.5) is 0 Å². The first-order chi connectivity index (χ1) is 18.8. The molecule has 0 unspecified atom stereocenters. The van der Waals surface area contributed by atoms with E-state index in [9.17, 15) is 4.79 Å². The lowest BCUT2D eigenvalue weighted by Gasteiger charge is -2.33. The lowest BCUT2D eigenvalue weighted by molar-refractivity contribution is 0.0995. The maximum absolute atomic E-state index is 12.9. The Hall–Kier alpha value is -4.51. The first kappa shape index (κ1) is 25.1. The van der Waals surface area contributed by atoms with E-state index in [1.165, 1.54) is 0 Å². The molecule has 0 saturated carbocycles. The highest BCUT2D eigenvalue weighted by atomic mass is 28.4. The van der Waals surface area contributed by atoms with Gasteiger partial charge in [-0.3, -0.25) is 10.3 Å². The van der Waals surface area contributed by atoms with Crippen molar-refractivity contribution in [3.63, 3.8) is 0 Å². The summed E-state index contributed by atoms with van der Waals surface area (Å²) < 4.78 is 6.95. The van der Waals surface area contributed by atoms with E-state index in [0.29, 0.717) is 5.56 Å². The highest BCUT2D eigenvalue weighted by Crippen LogP contribution is 2.16. The van der Waals surface area contributed by atoms with Crippen LogP contribution < -0.4 is 21.0 Å². The van der Waals surface area contributed by atoms with Gasteiger partial charge in [0.05, 0.1) is 5.70 Å². The summed E-state index contributed by atoms with van der Waals surface area (Å²) in [5.41, 5.74) is 5.75. The molecular weight excluding hydrogens is 482 g/mol. The predicted octanol–water partition coefficient (Wildman–Crippen LogP) is 5.49. The minimum Gasteiger partial charge on any atom is -0.305 e. The Balaban J connectivity index is 1.57. The SMILES string of the molecule is O=C(CC=C(NO[Si](c1ccccc1)(c1ccccc1)c1ccccc1)c1ccccc1)c1ccccc1. The van der Waals surface area contributed by atoms with Crippen LogP contribution in [0.3, 0.4) is 0 Å². The Bertz CT molecular complexity index is 1380. The highest BCUT2D eigenvalue weighted by Gasteiger charge is 2.43. The second kappa shape index (κ2) is 12.1. The molecule has 3 nitrogen and oxygen atoms in total. The average molecular weight is 512 g/mol. The monoisotopic (exact) mass is 511 g/mol. The Morgan fingerprint density at radius 1 is 0.553 bits per heavy atom. The minimum absolute atomic E-state index is 0.0542. The zero-order chi connectivity index (χ0) is 26.0. The number of carbonyl (C=O) groups excluding carboxylic acids is 1. The normalized spacial score (nSPS) is 11.6. The van der Waals surface area contributed by atoms with Gasteiger partial charge in [0, 0.05) is 12.0 Å². The van der Waals surface area contributed by atoms with Crippen molar-refractivity contribution in [1.82, 2.24) is 5.48 Å². The van der Waals surface area contributed by atoms with E-state index in [1.807, 2.05) is 84.9 Å². The molecule has 0 atom stereocenters. The number of Topliss-reactive ketones (excluding diaryl/α,β-unsaturated/α-hetero) is 1. The summed E-state index contributed by atoms with van der Waals surface area (Å²) in [6.45, 7) is 0. The number of ketones is 1. The molecule has 0 aliphatic carbocycles. The molecular formula is C34H29NO2Si. The maximum Gasteiger partial charge on any atom is 0.321 e. The molecule has 5 rings (SSSR count). The van der Waals surface area contributed by atoms with Crippen LogP contribution in [-0.4, -0.2) is 14.1 Å². The van der Waals surface area contributed by atoms with Crippen molar-refractivity contribution in [3.8, 4) is 0 Å². The Morgan fingerprint density at radius 3 is 1.34 bits per heavy atom. The number of hydrogen-bond donors (Lipinski definition) is 1. The van der Waals surface area contributed by atoms with Crippen LogP contribution in [0, 0.1) is 0 Å². The molecule has 186 valence electrons. The molecule has 0 bridgehead atoms. The lowest BCUT2D eigenvalue weighted by atomic mass is 10.1. The molecule has 38 heavy (non-hydrogen) atoms. The zero-order valence-corrected chi connectivity index (χ0v) is 22.0.